The number of rotatable bonds is 27. The maximum absolute atomic E-state index is 14.1. The zero-order valence-electron chi connectivity index (χ0n) is 48.5. The van der Waals surface area contributed by atoms with E-state index in [0.29, 0.717) is 64.0 Å². The molecule has 3 aromatic carbocycles. The van der Waals surface area contributed by atoms with Crippen molar-refractivity contribution >= 4 is 57.3 Å². The molecule has 8 rings (SSSR count). The van der Waals surface area contributed by atoms with Crippen LogP contribution in [0, 0.1) is 23.7 Å². The van der Waals surface area contributed by atoms with E-state index >= 15 is 0 Å². The van der Waals surface area contributed by atoms with E-state index in [4.69, 9.17) is 23.7 Å². The maximum Gasteiger partial charge on any atom is 0.246 e. The molecule has 2 fully saturated rings. The van der Waals surface area contributed by atoms with E-state index in [-0.39, 0.29) is 75.1 Å². The number of hydrogen-bond donors (Lipinski definition) is 5. The van der Waals surface area contributed by atoms with Crippen LogP contribution in [0.2, 0.25) is 0 Å². The first kappa shape index (κ1) is 61.5. The molecule has 1 aliphatic carbocycles. The molecule has 0 radical (unpaired) electrons. The fraction of sp³-hybridized carbons (Fsp3) is 0.532. The number of nitriles is 1. The number of carbonyl (C=O) groups is 5. The van der Waals surface area contributed by atoms with Crippen molar-refractivity contribution in [2.75, 3.05) is 90.6 Å². The van der Waals surface area contributed by atoms with Crippen LogP contribution in [0.3, 0.4) is 0 Å². The van der Waals surface area contributed by atoms with Gasteiger partial charge in [0.1, 0.15) is 12.1 Å². The summed E-state index contributed by atoms with van der Waals surface area (Å²) in [6.45, 7) is 18.9. The molecule has 20 heteroatoms. The average molecular weight is 1150 g/mol. The topological polar surface area (TPSA) is 247 Å². The SMILES string of the molecule is CCc1cc2c(cc1N1CCC(NC(=O)CCOCCOCCOCCOCCOCCC(=O)N[C@H](C(=O)N3C[C@H](O)C[C@H]3C(=O)NCc3ccc(-c4scnc4C)cc3)C(C)(C)C)CC1)C(C)(C)c1[nH]c3cc(C#N)ccc3c1C2=O. The van der Waals surface area contributed by atoms with E-state index in [1.54, 1.807) is 17.4 Å². The number of H-pyrrole nitrogens is 1. The number of aromatic nitrogens is 2. The number of nitrogens with zero attached hydrogens (tertiary/aromatic N) is 4. The highest BCUT2D eigenvalue weighted by Crippen LogP contribution is 2.46. The summed E-state index contributed by atoms with van der Waals surface area (Å²) in [5.41, 5.74) is 10.4. The number of likely N-dealkylation sites (tertiary alicyclic amines) is 1. The monoisotopic (exact) mass is 1140 g/mol. The van der Waals surface area contributed by atoms with Crippen LogP contribution in [-0.2, 0) is 61.2 Å². The number of thiazole rings is 1. The summed E-state index contributed by atoms with van der Waals surface area (Å²) in [4.78, 5) is 80.1. The van der Waals surface area contributed by atoms with Crippen molar-refractivity contribution < 1.29 is 52.8 Å². The van der Waals surface area contributed by atoms with Gasteiger partial charge < -0.3 is 59.5 Å². The fourth-order valence-electron chi connectivity index (χ4n) is 11.0. The molecule has 440 valence electrons. The number of nitrogens with one attached hydrogen (secondary N) is 4. The molecule has 0 unspecified atom stereocenters. The second-order valence-corrected chi connectivity index (χ2v) is 23.8. The number of piperidine rings is 1. The smallest absolute Gasteiger partial charge is 0.246 e. The van der Waals surface area contributed by atoms with Crippen molar-refractivity contribution in [1.82, 2.24) is 30.8 Å². The van der Waals surface area contributed by atoms with Crippen LogP contribution < -0.4 is 20.9 Å². The summed E-state index contributed by atoms with van der Waals surface area (Å²) in [5, 5.41) is 29.9. The number of β-amino-alcohol motifs (C(OH)–C–C–N with tert-alkyl or cyclic N) is 1. The number of ether oxygens (including phenoxy) is 5. The van der Waals surface area contributed by atoms with Gasteiger partial charge in [0.15, 0.2) is 5.78 Å². The van der Waals surface area contributed by atoms with Crippen LogP contribution in [-0.4, -0.2) is 159 Å². The second kappa shape index (κ2) is 28.1. The lowest BCUT2D eigenvalue weighted by Crippen LogP contribution is -2.57. The van der Waals surface area contributed by atoms with Gasteiger partial charge in [-0.2, -0.15) is 5.26 Å². The van der Waals surface area contributed by atoms with E-state index in [1.807, 2.05) is 69.6 Å². The largest absolute Gasteiger partial charge is 0.391 e. The van der Waals surface area contributed by atoms with Gasteiger partial charge in [-0.1, -0.05) is 71.9 Å². The van der Waals surface area contributed by atoms with Crippen molar-refractivity contribution in [2.45, 2.75) is 123 Å². The van der Waals surface area contributed by atoms with Gasteiger partial charge in [0, 0.05) is 84.7 Å². The molecule has 2 aliphatic heterocycles. The number of aliphatic hydroxyl groups excluding tert-OH is 1. The van der Waals surface area contributed by atoms with Crippen LogP contribution >= 0.6 is 11.3 Å². The first-order chi connectivity index (χ1) is 39.4. The van der Waals surface area contributed by atoms with E-state index in [1.165, 1.54) is 4.90 Å². The van der Waals surface area contributed by atoms with Gasteiger partial charge in [-0.05, 0) is 78.1 Å². The molecule has 0 bridgehead atoms. The molecular formula is C62H80N8O11S. The number of aromatic amines is 1. The third-order valence-electron chi connectivity index (χ3n) is 15.6. The number of fused-ring (bicyclic) bond motifs is 4. The van der Waals surface area contributed by atoms with Crippen molar-refractivity contribution in [2.24, 2.45) is 5.41 Å². The van der Waals surface area contributed by atoms with Crippen molar-refractivity contribution in [3.63, 3.8) is 0 Å². The minimum Gasteiger partial charge on any atom is -0.391 e. The molecule has 4 heterocycles. The zero-order chi connectivity index (χ0) is 58.6. The van der Waals surface area contributed by atoms with Crippen molar-refractivity contribution in [1.29, 1.82) is 5.26 Å². The predicted octanol–water partition coefficient (Wildman–Crippen LogP) is 6.66. The summed E-state index contributed by atoms with van der Waals surface area (Å²) < 4.78 is 28.1. The van der Waals surface area contributed by atoms with E-state index in [0.717, 1.165) is 93.0 Å². The van der Waals surface area contributed by atoms with Crippen LogP contribution in [0.25, 0.3) is 21.3 Å². The van der Waals surface area contributed by atoms with Crippen molar-refractivity contribution in [3.05, 3.63) is 105 Å². The Hall–Kier alpha value is -6.57. The van der Waals surface area contributed by atoms with Crippen LogP contribution in [0.1, 0.15) is 123 Å². The number of hydrogen-bond acceptors (Lipinski definition) is 15. The number of aliphatic hydroxyl groups is 1. The molecule has 2 saturated heterocycles. The van der Waals surface area contributed by atoms with E-state index < -0.39 is 34.9 Å². The number of amides is 4. The lowest BCUT2D eigenvalue weighted by Gasteiger charge is -2.38. The summed E-state index contributed by atoms with van der Waals surface area (Å²) >= 11 is 1.57. The molecule has 5 N–H and O–H groups in total. The molecule has 82 heavy (non-hydrogen) atoms. The highest BCUT2D eigenvalue weighted by atomic mass is 32.1. The molecule has 19 nitrogen and oxygen atoms in total. The molecule has 0 spiro atoms. The number of anilines is 1. The number of benzene rings is 3. The second-order valence-electron chi connectivity index (χ2n) is 22.9. The number of ketones is 1. The third-order valence-corrected chi connectivity index (χ3v) is 16.6. The van der Waals surface area contributed by atoms with Crippen LogP contribution in [0.5, 0.6) is 0 Å². The Morgan fingerprint density at radius 1 is 0.878 bits per heavy atom. The Bertz CT molecular complexity index is 3080. The van der Waals surface area contributed by atoms with E-state index in [2.05, 4.69) is 69.8 Å². The summed E-state index contributed by atoms with van der Waals surface area (Å²) in [6, 6.07) is 18.0. The Balaban J connectivity index is 0.629. The molecule has 2 aromatic heterocycles. The lowest BCUT2D eigenvalue weighted by atomic mass is 9.70. The Labute approximate surface area is 484 Å². The summed E-state index contributed by atoms with van der Waals surface area (Å²) in [5.74, 6) is -1.20. The van der Waals surface area contributed by atoms with Gasteiger partial charge in [-0.25, -0.2) is 4.98 Å². The highest BCUT2D eigenvalue weighted by Gasteiger charge is 2.45. The first-order valence-electron chi connectivity index (χ1n) is 28.6. The zero-order valence-corrected chi connectivity index (χ0v) is 49.3. The van der Waals surface area contributed by atoms with Gasteiger partial charge in [-0.15, -0.1) is 11.3 Å². The molecule has 3 aliphatic rings. The summed E-state index contributed by atoms with van der Waals surface area (Å²) in [7, 11) is 0. The molecule has 5 aromatic rings. The first-order valence-corrected chi connectivity index (χ1v) is 29.5. The minimum absolute atomic E-state index is 0.00788. The third kappa shape index (κ3) is 15.2. The van der Waals surface area contributed by atoms with Gasteiger partial charge in [-0.3, -0.25) is 24.0 Å². The standard InChI is InChI=1S/C62H80N8O11S/c1-8-42-32-47-48(62(6,7)57-54(55(47)74)46-14-11-41(35-63)31-49(46)67-57)34-50(42)69-19-15-44(16-20-69)66-52(72)17-21-77-23-25-79-27-29-81-30-28-80-26-24-78-22-18-53(73)68-58(61(3,4)5)60(76)70-37-45(71)33-51(70)59(75)64-36-40-9-12-43(13-10-40)56-39(2)65-38-82-56/h9-14,31-32,34,38,44-45,51,58,67,71H,8,15-30,33,36-37H2,1-7H3,(H,64,75)(H,66,72)(H,68,73)/t45-,51+,58-/m1/s1. The Morgan fingerprint density at radius 2 is 1.50 bits per heavy atom. The highest BCUT2D eigenvalue weighted by molar-refractivity contribution is 7.13. The van der Waals surface area contributed by atoms with Gasteiger partial charge in [0.25, 0.3) is 0 Å². The number of carbonyl (C=O) groups excluding carboxylic acids is 5. The molecule has 4 amide bonds. The maximum atomic E-state index is 14.1. The predicted molar refractivity (Wildman–Crippen MR) is 313 cm³/mol. The number of aryl methyl sites for hydroxylation is 2. The van der Waals surface area contributed by atoms with Crippen LogP contribution in [0.15, 0.2) is 60.1 Å². The fourth-order valence-corrected chi connectivity index (χ4v) is 11.9. The normalized spacial score (nSPS) is 17.3. The summed E-state index contributed by atoms with van der Waals surface area (Å²) in [6.07, 6.45) is 1.90. The Kier molecular flexibility index (Phi) is 21.1. The quantitative estimate of drug-likeness (QED) is 0.0345. The Morgan fingerprint density at radius 3 is 2.09 bits per heavy atom. The minimum atomic E-state index is -0.937. The van der Waals surface area contributed by atoms with Gasteiger partial charge in [0.2, 0.25) is 23.6 Å². The molecule has 3 atom stereocenters. The van der Waals surface area contributed by atoms with Gasteiger partial charge >= 0.3 is 0 Å². The average Bonchev–Trinajstić information content (AvgIpc) is 2.63. The van der Waals surface area contributed by atoms with Crippen molar-refractivity contribution in [3.8, 4) is 16.5 Å². The van der Waals surface area contributed by atoms with Crippen LogP contribution in [0.4, 0.5) is 5.69 Å². The molecular weight excluding hydrogens is 1060 g/mol. The van der Waals surface area contributed by atoms with E-state index in [9.17, 15) is 34.3 Å². The lowest BCUT2D eigenvalue weighted by molar-refractivity contribution is -0.144. The molecule has 0 saturated carbocycles. The van der Waals surface area contributed by atoms with Gasteiger partial charge in [0.05, 0.1) is 105 Å².